The van der Waals surface area contributed by atoms with Gasteiger partial charge in [0.1, 0.15) is 5.60 Å². The average Bonchev–Trinajstić information content (AvgIpc) is 3.29. The number of allylic oxidation sites excluding steroid dienone is 2. The molecule has 45 heavy (non-hydrogen) atoms. The smallest absolute Gasteiger partial charge is 0.414 e. The van der Waals surface area contributed by atoms with Crippen molar-refractivity contribution in [2.24, 2.45) is 4.99 Å². The third-order valence-electron chi connectivity index (χ3n) is 7.67. The van der Waals surface area contributed by atoms with E-state index in [1.165, 1.54) is 4.90 Å². The van der Waals surface area contributed by atoms with Crippen molar-refractivity contribution in [3.63, 3.8) is 0 Å². The first kappa shape index (κ1) is 32.9. The quantitative estimate of drug-likeness (QED) is 0.285. The Hall–Kier alpha value is -4.98. The molecule has 0 bridgehead atoms. The van der Waals surface area contributed by atoms with Gasteiger partial charge in [0.05, 0.1) is 12.6 Å². The average molecular weight is 607 g/mol. The third kappa shape index (κ3) is 7.23. The van der Waals surface area contributed by atoms with Crippen LogP contribution >= 0.6 is 0 Å². The second-order valence-corrected chi connectivity index (χ2v) is 12.0. The molecule has 0 aromatic heterocycles. The zero-order valence-corrected chi connectivity index (χ0v) is 27.1. The van der Waals surface area contributed by atoms with Crippen LogP contribution in [0.3, 0.4) is 0 Å². The fraction of sp³-hybridized carbons (Fsp3) is 0.297. The lowest BCUT2D eigenvalue weighted by atomic mass is 9.83. The number of nitrogens with zero attached hydrogens (tertiary/aromatic N) is 3. The maximum absolute atomic E-state index is 14.6. The Kier molecular flexibility index (Phi) is 10.1. The summed E-state index contributed by atoms with van der Waals surface area (Å²) in [5.41, 5.74) is 1.34. The van der Waals surface area contributed by atoms with Crippen LogP contribution in [0.4, 0.5) is 4.79 Å². The number of carbonyl (C=O) groups is 3. The molecule has 4 rings (SSSR count). The van der Waals surface area contributed by atoms with E-state index in [4.69, 9.17) is 9.73 Å². The number of ether oxygens (including phenoxy) is 1. The van der Waals surface area contributed by atoms with E-state index in [9.17, 15) is 14.4 Å². The number of benzene rings is 3. The van der Waals surface area contributed by atoms with Gasteiger partial charge in [-0.1, -0.05) is 91.0 Å². The fourth-order valence-electron chi connectivity index (χ4n) is 5.35. The van der Waals surface area contributed by atoms with Gasteiger partial charge in [0, 0.05) is 12.6 Å². The molecule has 3 amide bonds. The summed E-state index contributed by atoms with van der Waals surface area (Å²) in [5, 5.41) is 2.74. The van der Waals surface area contributed by atoms with E-state index in [2.05, 4.69) is 5.32 Å². The van der Waals surface area contributed by atoms with Gasteiger partial charge >= 0.3 is 6.09 Å². The van der Waals surface area contributed by atoms with Crippen molar-refractivity contribution in [2.45, 2.75) is 65.3 Å². The van der Waals surface area contributed by atoms with Gasteiger partial charge in [-0.15, -0.1) is 0 Å². The zero-order chi connectivity index (χ0) is 32.8. The fourth-order valence-corrected chi connectivity index (χ4v) is 5.35. The number of hydrogen-bond acceptors (Lipinski definition) is 5. The van der Waals surface area contributed by atoms with E-state index >= 15 is 0 Å². The summed E-state index contributed by atoms with van der Waals surface area (Å²) in [5.74, 6) is -0.421. The highest BCUT2D eigenvalue weighted by Gasteiger charge is 2.51. The van der Waals surface area contributed by atoms with Gasteiger partial charge in [-0.3, -0.25) is 19.8 Å². The van der Waals surface area contributed by atoms with Crippen molar-refractivity contribution in [3.05, 3.63) is 131 Å². The molecule has 0 spiro atoms. The van der Waals surface area contributed by atoms with Crippen LogP contribution < -0.4 is 5.32 Å². The molecule has 1 aliphatic rings. The lowest BCUT2D eigenvalue weighted by molar-refractivity contribution is -0.130. The van der Waals surface area contributed by atoms with Crippen LogP contribution in [0.25, 0.3) is 0 Å². The Morgan fingerprint density at radius 3 is 2.11 bits per heavy atom. The highest BCUT2D eigenvalue weighted by Crippen LogP contribution is 2.40. The van der Waals surface area contributed by atoms with Crippen LogP contribution in [-0.4, -0.2) is 52.4 Å². The molecule has 3 aromatic rings. The monoisotopic (exact) mass is 606 g/mol. The highest BCUT2D eigenvalue weighted by molar-refractivity contribution is 6.12. The Labute approximate surface area is 266 Å². The molecule has 1 aliphatic heterocycles. The molecule has 1 heterocycles. The summed E-state index contributed by atoms with van der Waals surface area (Å²) in [4.78, 5) is 49.3. The van der Waals surface area contributed by atoms with E-state index in [1.54, 1.807) is 50.9 Å². The number of alkyl carbamates (subject to hydrolysis) is 1. The van der Waals surface area contributed by atoms with Crippen LogP contribution in [0.2, 0.25) is 0 Å². The highest BCUT2D eigenvalue weighted by atomic mass is 16.6. The van der Waals surface area contributed by atoms with Crippen molar-refractivity contribution >= 4 is 23.9 Å². The van der Waals surface area contributed by atoms with Crippen LogP contribution in [0.15, 0.2) is 114 Å². The number of nitrogens with one attached hydrogen (secondary N) is 1. The maximum Gasteiger partial charge on any atom is 0.414 e. The van der Waals surface area contributed by atoms with Crippen LogP contribution in [0, 0.1) is 0 Å². The first-order valence-corrected chi connectivity index (χ1v) is 15.1. The second kappa shape index (κ2) is 13.8. The van der Waals surface area contributed by atoms with Crippen molar-refractivity contribution in [2.75, 3.05) is 7.05 Å². The number of amides is 3. The molecular weight excluding hydrogens is 564 g/mol. The van der Waals surface area contributed by atoms with Gasteiger partial charge < -0.3 is 9.64 Å². The minimum atomic E-state index is -1.44. The van der Waals surface area contributed by atoms with Gasteiger partial charge in [-0.2, -0.15) is 0 Å². The minimum Gasteiger partial charge on any atom is -0.444 e. The summed E-state index contributed by atoms with van der Waals surface area (Å²) in [6.45, 7) is 11.2. The molecular formula is C37H42N4O4. The number of hydrogen-bond donors (Lipinski definition) is 1. The summed E-state index contributed by atoms with van der Waals surface area (Å²) < 4.78 is 5.53. The van der Waals surface area contributed by atoms with Gasteiger partial charge in [0.15, 0.2) is 5.54 Å². The molecule has 1 atom stereocenters. The summed E-state index contributed by atoms with van der Waals surface area (Å²) in [6.07, 6.45) is 5.21. The van der Waals surface area contributed by atoms with Gasteiger partial charge in [-0.05, 0) is 75.9 Å². The van der Waals surface area contributed by atoms with E-state index in [1.807, 2.05) is 106 Å². The first-order valence-electron chi connectivity index (χ1n) is 15.1. The van der Waals surface area contributed by atoms with Gasteiger partial charge in [0.25, 0.3) is 11.8 Å². The summed E-state index contributed by atoms with van der Waals surface area (Å²) in [6, 6.07) is 25.6. The molecule has 0 unspecified atom stereocenters. The van der Waals surface area contributed by atoms with Crippen LogP contribution in [-0.2, 0) is 21.6 Å². The van der Waals surface area contributed by atoms with Gasteiger partial charge in [0.2, 0.25) is 5.96 Å². The van der Waals surface area contributed by atoms with E-state index < -0.39 is 17.2 Å². The zero-order valence-electron chi connectivity index (χ0n) is 27.1. The molecule has 3 aromatic carbocycles. The Balaban J connectivity index is 1.74. The Morgan fingerprint density at radius 2 is 1.58 bits per heavy atom. The molecule has 8 heteroatoms. The summed E-state index contributed by atoms with van der Waals surface area (Å²) in [7, 11) is 1.78. The van der Waals surface area contributed by atoms with E-state index in [0.717, 1.165) is 5.57 Å². The molecule has 0 saturated carbocycles. The number of likely N-dealkylation sites (N-methyl/N-ethyl adjacent to an activating group) is 1. The molecule has 0 radical (unpaired) electrons. The molecule has 234 valence electrons. The number of aliphatic imine (C=N–C) groups is 1. The summed E-state index contributed by atoms with van der Waals surface area (Å²) >= 11 is 0. The number of rotatable bonds is 8. The van der Waals surface area contributed by atoms with Crippen molar-refractivity contribution < 1.29 is 19.1 Å². The van der Waals surface area contributed by atoms with E-state index in [-0.39, 0.29) is 30.4 Å². The Bertz CT molecular complexity index is 1580. The molecule has 8 nitrogen and oxygen atoms in total. The maximum atomic E-state index is 14.6. The van der Waals surface area contributed by atoms with Crippen LogP contribution in [0.5, 0.6) is 0 Å². The first-order chi connectivity index (χ1) is 21.4. The number of carbonyl (C=O) groups excluding carboxylic acids is 3. The Morgan fingerprint density at radius 1 is 0.978 bits per heavy atom. The lowest BCUT2D eigenvalue weighted by Gasteiger charge is -2.28. The van der Waals surface area contributed by atoms with Crippen LogP contribution in [0.1, 0.15) is 68.6 Å². The normalized spacial score (nSPS) is 15.5. The minimum absolute atomic E-state index is 0.0634. The van der Waals surface area contributed by atoms with Crippen molar-refractivity contribution in [3.8, 4) is 0 Å². The molecule has 0 saturated heterocycles. The predicted molar refractivity (Wildman–Crippen MR) is 178 cm³/mol. The van der Waals surface area contributed by atoms with Crippen molar-refractivity contribution in [1.82, 2.24) is 15.1 Å². The number of guanidine groups is 1. The molecule has 0 aliphatic carbocycles. The van der Waals surface area contributed by atoms with Crippen molar-refractivity contribution in [1.29, 1.82) is 0 Å². The third-order valence-corrected chi connectivity index (χ3v) is 7.67. The largest absolute Gasteiger partial charge is 0.444 e. The molecule has 1 N–H and O–H groups in total. The van der Waals surface area contributed by atoms with E-state index in [0.29, 0.717) is 22.3 Å². The second-order valence-electron chi connectivity index (χ2n) is 12.0. The van der Waals surface area contributed by atoms with Gasteiger partial charge in [-0.25, -0.2) is 9.79 Å². The molecule has 0 fully saturated rings. The SMILES string of the molecule is C/C=C\C(=C/C)[C@H](C)N(C)C(=O)c1cccc(CN2C(=O)C(c3ccccc3)(c3ccccc3)N=C2NC(=O)OC(C)(C)C)c1. The standard InChI is InChI=1S/C37H42N4O4/c1-8-17-28(9-2)26(3)40(7)32(42)29-19-16-18-27(24-29)25-41-33(43)37(30-20-12-10-13-21-30,31-22-14-11-15-23-31)39-34(41)38-35(44)45-36(4,5)6/h8-24,26H,25H2,1-7H3,(H,38,39,44)/b17-8-,28-9+/t26-/m0/s1. The topological polar surface area (TPSA) is 91.3 Å². The predicted octanol–water partition coefficient (Wildman–Crippen LogP) is 6.84. The lowest BCUT2D eigenvalue weighted by Crippen LogP contribution is -2.47.